The zero-order valence-corrected chi connectivity index (χ0v) is 13.7. The summed E-state index contributed by atoms with van der Waals surface area (Å²) in [7, 11) is 0. The summed E-state index contributed by atoms with van der Waals surface area (Å²) in [4.78, 5) is 29.0. The number of nitrogens with zero attached hydrogens (tertiary/aromatic N) is 2. The van der Waals surface area contributed by atoms with Crippen molar-refractivity contribution in [2.75, 3.05) is 19.6 Å². The molecule has 2 amide bonds. The fraction of sp³-hybridized carbons (Fsp3) is 0.556. The van der Waals surface area contributed by atoms with Crippen LogP contribution in [0, 0.1) is 6.92 Å². The van der Waals surface area contributed by atoms with Crippen LogP contribution >= 0.6 is 0 Å². The summed E-state index contributed by atoms with van der Waals surface area (Å²) in [5, 5.41) is 0. The molecule has 2 fully saturated rings. The van der Waals surface area contributed by atoms with Crippen molar-refractivity contribution in [3.63, 3.8) is 0 Å². The Morgan fingerprint density at radius 3 is 2.91 bits per heavy atom. The predicted molar refractivity (Wildman–Crippen MR) is 87.1 cm³/mol. The van der Waals surface area contributed by atoms with Crippen LogP contribution in [0.15, 0.2) is 29.4 Å². The van der Waals surface area contributed by atoms with Gasteiger partial charge in [-0.25, -0.2) is 0 Å². The molecule has 0 bridgehead atoms. The zero-order chi connectivity index (χ0) is 16.4. The van der Waals surface area contributed by atoms with Crippen molar-refractivity contribution >= 4 is 11.8 Å². The second-order valence-corrected chi connectivity index (χ2v) is 6.59. The van der Waals surface area contributed by atoms with E-state index in [1.807, 2.05) is 9.80 Å². The van der Waals surface area contributed by atoms with Crippen LogP contribution in [0.25, 0.3) is 0 Å². The van der Waals surface area contributed by atoms with Crippen LogP contribution in [0.3, 0.4) is 0 Å². The second kappa shape index (κ2) is 6.22. The summed E-state index contributed by atoms with van der Waals surface area (Å²) in [6.45, 7) is 7.50. The minimum atomic E-state index is -0.227. The van der Waals surface area contributed by atoms with Crippen molar-refractivity contribution in [2.45, 2.75) is 44.6 Å². The average molecular weight is 316 g/mol. The van der Waals surface area contributed by atoms with Gasteiger partial charge in [0.1, 0.15) is 5.76 Å². The number of amides is 2. The molecule has 0 unspecified atom stereocenters. The third-order valence-corrected chi connectivity index (χ3v) is 5.15. The largest absolute Gasteiger partial charge is 0.469 e. The molecule has 1 atom stereocenters. The summed E-state index contributed by atoms with van der Waals surface area (Å²) in [6, 6.07) is 1.73. The summed E-state index contributed by atoms with van der Waals surface area (Å²) in [5.74, 6) is 0.842. The molecule has 1 aromatic heterocycles. The van der Waals surface area contributed by atoms with E-state index in [4.69, 9.17) is 4.42 Å². The first-order valence-corrected chi connectivity index (χ1v) is 8.32. The first kappa shape index (κ1) is 15.8. The Labute approximate surface area is 136 Å². The van der Waals surface area contributed by atoms with E-state index < -0.39 is 0 Å². The van der Waals surface area contributed by atoms with E-state index in [2.05, 4.69) is 6.58 Å². The third-order valence-electron chi connectivity index (χ3n) is 5.15. The van der Waals surface area contributed by atoms with Gasteiger partial charge >= 0.3 is 0 Å². The Morgan fingerprint density at radius 2 is 2.22 bits per heavy atom. The summed E-state index contributed by atoms with van der Waals surface area (Å²) >= 11 is 0. The number of furan rings is 1. The van der Waals surface area contributed by atoms with Crippen molar-refractivity contribution in [1.29, 1.82) is 0 Å². The monoisotopic (exact) mass is 316 g/mol. The Hall–Kier alpha value is -2.04. The lowest BCUT2D eigenvalue weighted by Gasteiger charge is -2.51. The van der Waals surface area contributed by atoms with Gasteiger partial charge in [-0.05, 0) is 38.7 Å². The number of rotatable bonds is 3. The number of carbonyl (C=O) groups is 2. The van der Waals surface area contributed by atoms with E-state index in [0.29, 0.717) is 30.8 Å². The maximum absolute atomic E-state index is 12.8. The molecule has 3 heterocycles. The van der Waals surface area contributed by atoms with Crippen LogP contribution < -0.4 is 0 Å². The van der Waals surface area contributed by atoms with Gasteiger partial charge in [0.25, 0.3) is 5.91 Å². The van der Waals surface area contributed by atoms with E-state index >= 15 is 0 Å². The van der Waals surface area contributed by atoms with E-state index in [1.165, 1.54) is 0 Å². The molecule has 0 saturated carbocycles. The minimum Gasteiger partial charge on any atom is -0.469 e. The quantitative estimate of drug-likeness (QED) is 0.806. The van der Waals surface area contributed by atoms with Gasteiger partial charge in [-0.3, -0.25) is 9.59 Å². The van der Waals surface area contributed by atoms with Gasteiger partial charge in [0, 0.05) is 26.1 Å². The van der Waals surface area contributed by atoms with Gasteiger partial charge in [-0.1, -0.05) is 6.08 Å². The van der Waals surface area contributed by atoms with E-state index in [-0.39, 0.29) is 17.4 Å². The first-order chi connectivity index (χ1) is 11.1. The molecular formula is C18H24N2O3. The van der Waals surface area contributed by atoms with E-state index in [1.54, 1.807) is 25.3 Å². The SMILES string of the molecule is C=CCN1C(=O)CCC[C@@]12CCCN(C(=O)c1ccoc1C)C2. The van der Waals surface area contributed by atoms with E-state index in [9.17, 15) is 9.59 Å². The lowest BCUT2D eigenvalue weighted by atomic mass is 9.79. The number of hydrogen-bond donors (Lipinski definition) is 0. The zero-order valence-electron chi connectivity index (χ0n) is 13.7. The highest BCUT2D eigenvalue weighted by molar-refractivity contribution is 5.95. The highest BCUT2D eigenvalue weighted by Gasteiger charge is 2.45. The molecule has 2 aliphatic rings. The Balaban J connectivity index is 1.84. The molecule has 2 aliphatic heterocycles. The maximum Gasteiger partial charge on any atom is 0.257 e. The van der Waals surface area contributed by atoms with Crippen LogP contribution in [-0.2, 0) is 4.79 Å². The van der Waals surface area contributed by atoms with Gasteiger partial charge in [0.15, 0.2) is 0 Å². The molecule has 5 nitrogen and oxygen atoms in total. The number of piperidine rings is 2. The summed E-state index contributed by atoms with van der Waals surface area (Å²) < 4.78 is 5.26. The topological polar surface area (TPSA) is 53.8 Å². The predicted octanol–water partition coefficient (Wildman–Crippen LogP) is 2.76. The molecular weight excluding hydrogens is 292 g/mol. The molecule has 0 radical (unpaired) electrons. The van der Waals surface area contributed by atoms with Gasteiger partial charge in [0.05, 0.1) is 17.4 Å². The highest BCUT2D eigenvalue weighted by Crippen LogP contribution is 2.37. The molecule has 2 saturated heterocycles. The van der Waals surface area contributed by atoms with Gasteiger partial charge < -0.3 is 14.2 Å². The molecule has 3 rings (SSSR count). The minimum absolute atomic E-state index is 0.00639. The molecule has 1 spiro atoms. The third kappa shape index (κ3) is 2.80. The van der Waals surface area contributed by atoms with Crippen molar-refractivity contribution in [3.8, 4) is 0 Å². The van der Waals surface area contributed by atoms with Crippen molar-refractivity contribution < 1.29 is 14.0 Å². The fourth-order valence-electron chi connectivity index (χ4n) is 4.01. The second-order valence-electron chi connectivity index (χ2n) is 6.59. The fourth-order valence-corrected chi connectivity index (χ4v) is 4.01. The first-order valence-electron chi connectivity index (χ1n) is 8.32. The lowest BCUT2D eigenvalue weighted by molar-refractivity contribution is -0.143. The van der Waals surface area contributed by atoms with Crippen LogP contribution in [0.5, 0.6) is 0 Å². The van der Waals surface area contributed by atoms with Crippen LogP contribution in [0.4, 0.5) is 0 Å². The van der Waals surface area contributed by atoms with Gasteiger partial charge in [-0.2, -0.15) is 0 Å². The molecule has 1 aromatic rings. The molecule has 5 heteroatoms. The van der Waals surface area contributed by atoms with Crippen LogP contribution in [-0.4, -0.2) is 46.8 Å². The molecule has 23 heavy (non-hydrogen) atoms. The summed E-state index contributed by atoms with van der Waals surface area (Å²) in [6.07, 6.45) is 7.68. The Morgan fingerprint density at radius 1 is 1.43 bits per heavy atom. The molecule has 0 aliphatic carbocycles. The van der Waals surface area contributed by atoms with Crippen molar-refractivity contribution in [3.05, 3.63) is 36.3 Å². The van der Waals surface area contributed by atoms with Crippen LogP contribution in [0.1, 0.15) is 48.2 Å². The van der Waals surface area contributed by atoms with E-state index in [0.717, 1.165) is 32.2 Å². The van der Waals surface area contributed by atoms with Crippen LogP contribution in [0.2, 0.25) is 0 Å². The molecule has 0 N–H and O–H groups in total. The van der Waals surface area contributed by atoms with Crippen molar-refractivity contribution in [1.82, 2.24) is 9.80 Å². The number of likely N-dealkylation sites (tertiary alicyclic amines) is 2. The normalized spacial score (nSPS) is 25.0. The lowest BCUT2D eigenvalue weighted by Crippen LogP contribution is -2.63. The number of aryl methyl sites for hydroxylation is 1. The molecule has 0 aromatic carbocycles. The van der Waals surface area contributed by atoms with Gasteiger partial charge in [0.2, 0.25) is 5.91 Å². The molecule has 124 valence electrons. The Kier molecular flexibility index (Phi) is 4.28. The summed E-state index contributed by atoms with van der Waals surface area (Å²) in [5.41, 5.74) is 0.397. The average Bonchev–Trinajstić information content (AvgIpc) is 2.97. The van der Waals surface area contributed by atoms with Crippen molar-refractivity contribution in [2.24, 2.45) is 0 Å². The Bertz CT molecular complexity index is 618. The highest BCUT2D eigenvalue weighted by atomic mass is 16.3. The van der Waals surface area contributed by atoms with Gasteiger partial charge in [-0.15, -0.1) is 6.58 Å². The maximum atomic E-state index is 12.8. The standard InChI is InChI=1S/C18H24N2O3/c1-3-10-20-16(21)6-4-8-18(20)9-5-11-19(13-18)17(22)15-7-12-23-14(15)2/h3,7,12H,1,4-6,8-11,13H2,2H3/t18-/m0/s1. The number of hydrogen-bond acceptors (Lipinski definition) is 3. The smallest absolute Gasteiger partial charge is 0.257 e. The number of carbonyl (C=O) groups excluding carboxylic acids is 2.